The van der Waals surface area contributed by atoms with E-state index < -0.39 is 0 Å². The first kappa shape index (κ1) is 22.2. The molecule has 0 saturated carbocycles. The molecule has 1 aliphatic rings. The number of rotatable bonds is 6. The first-order valence-electron chi connectivity index (χ1n) is 10.9. The van der Waals surface area contributed by atoms with Crippen LogP contribution in [0.1, 0.15) is 50.3 Å². The second-order valence-corrected chi connectivity index (χ2v) is 9.22. The lowest BCUT2D eigenvalue weighted by Gasteiger charge is -2.32. The standard InChI is InChI=1S/C25H35N3O2/c1-19-10-11-23(22(16-19)25(2,3)4)30-18-26-24(29)27-21-12-14-28(15-13-21)17-20-8-6-5-7-9-20/h5-11,16,21H,12-15,17-18H2,1-4H3,(H2,26,27,29). The summed E-state index contributed by atoms with van der Waals surface area (Å²) in [6, 6.07) is 16.7. The van der Waals surface area contributed by atoms with Crippen LogP contribution in [0.4, 0.5) is 4.79 Å². The van der Waals surface area contributed by atoms with E-state index in [1.165, 1.54) is 11.1 Å². The van der Waals surface area contributed by atoms with Crippen molar-refractivity contribution in [3.63, 3.8) is 0 Å². The number of amides is 2. The number of urea groups is 1. The summed E-state index contributed by atoms with van der Waals surface area (Å²) in [6.07, 6.45) is 1.93. The topological polar surface area (TPSA) is 53.6 Å². The lowest BCUT2D eigenvalue weighted by atomic mass is 9.85. The van der Waals surface area contributed by atoms with Gasteiger partial charge in [-0.2, -0.15) is 0 Å². The van der Waals surface area contributed by atoms with E-state index in [4.69, 9.17) is 4.74 Å². The molecule has 0 spiro atoms. The molecule has 1 fully saturated rings. The Morgan fingerprint density at radius 3 is 2.47 bits per heavy atom. The normalized spacial score (nSPS) is 15.6. The molecule has 30 heavy (non-hydrogen) atoms. The quantitative estimate of drug-likeness (QED) is 0.686. The van der Waals surface area contributed by atoms with Gasteiger partial charge in [0, 0.05) is 25.7 Å². The average Bonchev–Trinajstić information content (AvgIpc) is 2.70. The molecular formula is C25H35N3O2. The summed E-state index contributed by atoms with van der Waals surface area (Å²) in [7, 11) is 0. The van der Waals surface area contributed by atoms with E-state index in [-0.39, 0.29) is 24.2 Å². The Morgan fingerprint density at radius 1 is 1.10 bits per heavy atom. The smallest absolute Gasteiger partial charge is 0.317 e. The molecule has 2 N–H and O–H groups in total. The number of carbonyl (C=O) groups excluding carboxylic acids is 1. The number of hydrogen-bond donors (Lipinski definition) is 2. The van der Waals surface area contributed by atoms with Gasteiger partial charge in [0.25, 0.3) is 0 Å². The van der Waals surface area contributed by atoms with Crippen molar-refractivity contribution in [3.05, 3.63) is 65.2 Å². The van der Waals surface area contributed by atoms with Gasteiger partial charge in [0.05, 0.1) is 0 Å². The van der Waals surface area contributed by atoms with Crippen molar-refractivity contribution in [2.45, 2.75) is 58.5 Å². The summed E-state index contributed by atoms with van der Waals surface area (Å²) in [5.41, 5.74) is 3.67. The van der Waals surface area contributed by atoms with Crippen LogP contribution < -0.4 is 15.4 Å². The summed E-state index contributed by atoms with van der Waals surface area (Å²) < 4.78 is 5.88. The van der Waals surface area contributed by atoms with Crippen LogP contribution in [-0.4, -0.2) is 36.8 Å². The van der Waals surface area contributed by atoms with Crippen molar-refractivity contribution in [1.82, 2.24) is 15.5 Å². The molecule has 1 saturated heterocycles. The SMILES string of the molecule is Cc1ccc(OCNC(=O)NC2CCN(Cc3ccccc3)CC2)c(C(C)(C)C)c1. The average molecular weight is 410 g/mol. The number of benzene rings is 2. The zero-order valence-corrected chi connectivity index (χ0v) is 18.7. The largest absolute Gasteiger partial charge is 0.473 e. The molecule has 1 heterocycles. The van der Waals surface area contributed by atoms with Gasteiger partial charge in [0.2, 0.25) is 0 Å². The molecule has 2 aromatic carbocycles. The fourth-order valence-electron chi connectivity index (χ4n) is 3.85. The molecule has 2 aromatic rings. The molecule has 0 atom stereocenters. The number of hydrogen-bond acceptors (Lipinski definition) is 3. The van der Waals surface area contributed by atoms with E-state index in [0.29, 0.717) is 0 Å². The van der Waals surface area contributed by atoms with Gasteiger partial charge in [0.15, 0.2) is 6.73 Å². The minimum atomic E-state index is -0.166. The zero-order chi connectivity index (χ0) is 21.6. The molecule has 2 amide bonds. The van der Waals surface area contributed by atoms with Crippen LogP contribution in [0, 0.1) is 6.92 Å². The Bertz CT molecular complexity index is 822. The summed E-state index contributed by atoms with van der Waals surface area (Å²) in [5.74, 6) is 0.822. The van der Waals surface area contributed by atoms with Crippen molar-refractivity contribution in [2.24, 2.45) is 0 Å². The van der Waals surface area contributed by atoms with Crippen molar-refractivity contribution in [3.8, 4) is 5.75 Å². The van der Waals surface area contributed by atoms with Gasteiger partial charge in [-0.3, -0.25) is 4.90 Å². The van der Waals surface area contributed by atoms with Gasteiger partial charge < -0.3 is 15.4 Å². The Hall–Kier alpha value is -2.53. The lowest BCUT2D eigenvalue weighted by molar-refractivity contribution is 0.182. The molecule has 3 rings (SSSR count). The van der Waals surface area contributed by atoms with Gasteiger partial charge in [-0.15, -0.1) is 0 Å². The van der Waals surface area contributed by atoms with Crippen molar-refractivity contribution < 1.29 is 9.53 Å². The molecular weight excluding hydrogens is 374 g/mol. The summed E-state index contributed by atoms with van der Waals surface area (Å²) in [6.45, 7) is 11.7. The summed E-state index contributed by atoms with van der Waals surface area (Å²) >= 11 is 0. The van der Waals surface area contributed by atoms with Crippen LogP contribution in [0.3, 0.4) is 0 Å². The first-order chi connectivity index (χ1) is 14.3. The Morgan fingerprint density at radius 2 is 1.80 bits per heavy atom. The van der Waals surface area contributed by atoms with Crippen LogP contribution in [0.2, 0.25) is 0 Å². The van der Waals surface area contributed by atoms with Crippen LogP contribution in [0.25, 0.3) is 0 Å². The fraction of sp³-hybridized carbons (Fsp3) is 0.480. The predicted octanol–water partition coefficient (Wildman–Crippen LogP) is 4.59. The highest BCUT2D eigenvalue weighted by Gasteiger charge is 2.21. The third kappa shape index (κ3) is 6.49. The number of nitrogens with zero attached hydrogens (tertiary/aromatic N) is 1. The van der Waals surface area contributed by atoms with E-state index in [0.717, 1.165) is 43.8 Å². The number of likely N-dealkylation sites (tertiary alicyclic amines) is 1. The highest BCUT2D eigenvalue weighted by atomic mass is 16.5. The second kappa shape index (κ2) is 9.98. The first-order valence-corrected chi connectivity index (χ1v) is 10.9. The van der Waals surface area contributed by atoms with Crippen LogP contribution >= 0.6 is 0 Å². The Balaban J connectivity index is 1.40. The Labute approximate surface area is 180 Å². The maximum absolute atomic E-state index is 12.3. The van der Waals surface area contributed by atoms with Crippen molar-refractivity contribution in [1.29, 1.82) is 0 Å². The van der Waals surface area contributed by atoms with E-state index in [1.54, 1.807) is 0 Å². The summed E-state index contributed by atoms with van der Waals surface area (Å²) in [4.78, 5) is 14.7. The summed E-state index contributed by atoms with van der Waals surface area (Å²) in [5, 5.41) is 5.92. The van der Waals surface area contributed by atoms with Gasteiger partial charge >= 0.3 is 6.03 Å². The van der Waals surface area contributed by atoms with Gasteiger partial charge in [0.1, 0.15) is 5.75 Å². The maximum Gasteiger partial charge on any atom is 0.317 e. The Kier molecular flexibility index (Phi) is 7.38. The number of carbonyl (C=O) groups is 1. The van der Waals surface area contributed by atoms with E-state index in [9.17, 15) is 4.79 Å². The van der Waals surface area contributed by atoms with Gasteiger partial charge in [-0.05, 0) is 42.4 Å². The monoisotopic (exact) mass is 409 g/mol. The van der Waals surface area contributed by atoms with E-state index in [2.05, 4.69) is 73.6 Å². The van der Waals surface area contributed by atoms with Crippen molar-refractivity contribution in [2.75, 3.05) is 19.8 Å². The van der Waals surface area contributed by atoms with Crippen LogP contribution in [0.5, 0.6) is 5.75 Å². The third-order valence-corrected chi connectivity index (χ3v) is 5.58. The number of ether oxygens (including phenoxy) is 1. The molecule has 5 nitrogen and oxygen atoms in total. The van der Waals surface area contributed by atoms with E-state index >= 15 is 0 Å². The van der Waals surface area contributed by atoms with Gasteiger partial charge in [-0.1, -0.05) is 68.8 Å². The molecule has 5 heteroatoms. The molecule has 1 aliphatic heterocycles. The number of piperidine rings is 1. The lowest BCUT2D eigenvalue weighted by Crippen LogP contribution is -2.48. The molecule has 0 unspecified atom stereocenters. The van der Waals surface area contributed by atoms with Crippen molar-refractivity contribution >= 4 is 6.03 Å². The molecule has 162 valence electrons. The zero-order valence-electron chi connectivity index (χ0n) is 18.7. The molecule has 0 aliphatic carbocycles. The number of aryl methyl sites for hydroxylation is 1. The second-order valence-electron chi connectivity index (χ2n) is 9.22. The molecule has 0 radical (unpaired) electrons. The molecule has 0 bridgehead atoms. The predicted molar refractivity (Wildman–Crippen MR) is 122 cm³/mol. The molecule has 0 aromatic heterocycles. The minimum Gasteiger partial charge on any atom is -0.473 e. The third-order valence-electron chi connectivity index (χ3n) is 5.58. The van der Waals surface area contributed by atoms with Crippen LogP contribution in [-0.2, 0) is 12.0 Å². The van der Waals surface area contributed by atoms with Gasteiger partial charge in [-0.25, -0.2) is 4.79 Å². The fourth-order valence-corrected chi connectivity index (χ4v) is 3.85. The number of nitrogens with one attached hydrogen (secondary N) is 2. The highest BCUT2D eigenvalue weighted by molar-refractivity contribution is 5.74. The maximum atomic E-state index is 12.3. The minimum absolute atomic E-state index is 0.0165. The highest BCUT2D eigenvalue weighted by Crippen LogP contribution is 2.32. The van der Waals surface area contributed by atoms with Crippen LogP contribution in [0.15, 0.2) is 48.5 Å². The van der Waals surface area contributed by atoms with E-state index in [1.807, 2.05) is 18.2 Å².